The van der Waals surface area contributed by atoms with Crippen molar-refractivity contribution in [1.29, 1.82) is 0 Å². The molecule has 0 bridgehead atoms. The van der Waals surface area contributed by atoms with Gasteiger partial charge in [-0.05, 0) is 31.9 Å². The third kappa shape index (κ3) is 4.45. The zero-order chi connectivity index (χ0) is 13.5. The lowest BCUT2D eigenvalue weighted by atomic mass is 10.2. The second kappa shape index (κ2) is 7.11. The summed E-state index contributed by atoms with van der Waals surface area (Å²) in [6.45, 7) is 5.33. The minimum Gasteiger partial charge on any atom is -0.491 e. The van der Waals surface area contributed by atoms with Crippen molar-refractivity contribution < 1.29 is 9.84 Å². The first kappa shape index (κ1) is 14.6. The molecule has 1 atom stereocenters. The fraction of sp³-hybridized carbons (Fsp3) is 0.571. The maximum Gasteiger partial charge on any atom is 0.144 e. The van der Waals surface area contributed by atoms with Crippen LogP contribution in [0.4, 0.5) is 11.4 Å². The molecule has 0 fully saturated rings. The Balaban J connectivity index is 2.70. The van der Waals surface area contributed by atoms with Crippen molar-refractivity contribution in [3.63, 3.8) is 0 Å². The summed E-state index contributed by atoms with van der Waals surface area (Å²) >= 11 is 0. The van der Waals surface area contributed by atoms with Gasteiger partial charge in [-0.1, -0.05) is 6.92 Å². The van der Waals surface area contributed by atoms with Crippen LogP contribution in [-0.2, 0) is 0 Å². The number of nitrogens with two attached hydrogens (primary N) is 1. The molecule has 0 aromatic heterocycles. The molecule has 1 aromatic rings. The maximum absolute atomic E-state index is 9.29. The molecule has 4 nitrogen and oxygen atoms in total. The molecule has 1 aromatic carbocycles. The number of hydrogen-bond acceptors (Lipinski definition) is 4. The summed E-state index contributed by atoms with van der Waals surface area (Å²) in [6.07, 6.45) is 1.42. The number of nitrogens with zero attached hydrogens (tertiary/aromatic N) is 1. The van der Waals surface area contributed by atoms with E-state index in [-0.39, 0.29) is 6.10 Å². The molecule has 0 saturated carbocycles. The van der Waals surface area contributed by atoms with Crippen LogP contribution in [0.3, 0.4) is 0 Å². The van der Waals surface area contributed by atoms with Crippen LogP contribution < -0.4 is 15.4 Å². The van der Waals surface area contributed by atoms with Crippen LogP contribution >= 0.6 is 0 Å². The Morgan fingerprint density at radius 2 is 2.17 bits per heavy atom. The van der Waals surface area contributed by atoms with Gasteiger partial charge in [0.05, 0.1) is 18.4 Å². The Hall–Kier alpha value is -1.42. The van der Waals surface area contributed by atoms with Crippen molar-refractivity contribution in [2.45, 2.75) is 32.8 Å². The molecule has 0 radical (unpaired) electrons. The highest BCUT2D eigenvalue weighted by atomic mass is 16.5. The van der Waals surface area contributed by atoms with E-state index in [9.17, 15) is 5.11 Å². The third-order valence-corrected chi connectivity index (χ3v) is 2.78. The van der Waals surface area contributed by atoms with Crippen LogP contribution in [0.15, 0.2) is 18.2 Å². The number of hydrogen-bond donors (Lipinski definition) is 2. The minimum absolute atomic E-state index is 0.281. The van der Waals surface area contributed by atoms with Gasteiger partial charge in [0.1, 0.15) is 5.75 Å². The van der Waals surface area contributed by atoms with Crippen molar-refractivity contribution in [3.05, 3.63) is 18.2 Å². The number of benzene rings is 1. The summed E-state index contributed by atoms with van der Waals surface area (Å²) in [6, 6.07) is 5.78. The van der Waals surface area contributed by atoms with Crippen LogP contribution in [-0.4, -0.2) is 31.4 Å². The van der Waals surface area contributed by atoms with Gasteiger partial charge in [-0.2, -0.15) is 0 Å². The number of rotatable bonds is 7. The number of aliphatic hydroxyl groups excluding tert-OH is 1. The number of ether oxygens (including phenoxy) is 1. The molecular weight excluding hydrogens is 228 g/mol. The van der Waals surface area contributed by atoms with Gasteiger partial charge in [-0.15, -0.1) is 0 Å². The van der Waals surface area contributed by atoms with Crippen LogP contribution in [0.1, 0.15) is 26.7 Å². The van der Waals surface area contributed by atoms with E-state index in [1.807, 2.05) is 25.2 Å². The van der Waals surface area contributed by atoms with E-state index < -0.39 is 0 Å². The maximum atomic E-state index is 9.29. The van der Waals surface area contributed by atoms with Gasteiger partial charge in [0.15, 0.2) is 0 Å². The van der Waals surface area contributed by atoms with Gasteiger partial charge in [-0.25, -0.2) is 0 Å². The summed E-state index contributed by atoms with van der Waals surface area (Å²) in [4.78, 5) is 2.09. The van der Waals surface area contributed by atoms with Crippen molar-refractivity contribution in [1.82, 2.24) is 0 Å². The Kier molecular flexibility index (Phi) is 5.78. The van der Waals surface area contributed by atoms with Gasteiger partial charge in [0, 0.05) is 25.3 Å². The minimum atomic E-state index is -0.281. The molecule has 18 heavy (non-hydrogen) atoms. The van der Waals surface area contributed by atoms with Gasteiger partial charge >= 0.3 is 0 Å². The lowest BCUT2D eigenvalue weighted by Gasteiger charge is -2.21. The predicted molar refractivity (Wildman–Crippen MR) is 76.2 cm³/mol. The summed E-state index contributed by atoms with van der Waals surface area (Å²) in [5.41, 5.74) is 7.58. The van der Waals surface area contributed by atoms with Crippen molar-refractivity contribution in [2.75, 3.05) is 30.8 Å². The molecule has 1 unspecified atom stereocenters. The lowest BCUT2D eigenvalue weighted by Crippen LogP contribution is -2.21. The SMILES string of the molecule is CCCOc1cc(N(C)CCC(C)O)ccc1N. The topological polar surface area (TPSA) is 58.7 Å². The molecule has 4 heteroatoms. The first-order chi connectivity index (χ1) is 8.54. The Labute approximate surface area is 109 Å². The van der Waals surface area contributed by atoms with Gasteiger partial charge in [0.2, 0.25) is 0 Å². The molecule has 0 amide bonds. The first-order valence-electron chi connectivity index (χ1n) is 6.46. The average molecular weight is 252 g/mol. The van der Waals surface area contributed by atoms with E-state index in [0.717, 1.165) is 30.8 Å². The second-order valence-corrected chi connectivity index (χ2v) is 4.63. The van der Waals surface area contributed by atoms with Crippen LogP contribution in [0.25, 0.3) is 0 Å². The summed E-state index contributed by atoms with van der Waals surface area (Å²) in [7, 11) is 2.00. The summed E-state index contributed by atoms with van der Waals surface area (Å²) in [5.74, 6) is 0.734. The van der Waals surface area contributed by atoms with Crippen LogP contribution in [0.5, 0.6) is 5.75 Å². The standard InChI is InChI=1S/C14H24N2O2/c1-4-9-18-14-10-12(5-6-13(14)15)16(3)8-7-11(2)17/h5-6,10-11,17H,4,7-9,15H2,1-3H3. The average Bonchev–Trinajstić information content (AvgIpc) is 2.35. The van der Waals surface area contributed by atoms with E-state index >= 15 is 0 Å². The lowest BCUT2D eigenvalue weighted by molar-refractivity contribution is 0.187. The monoisotopic (exact) mass is 252 g/mol. The zero-order valence-electron chi connectivity index (χ0n) is 11.5. The second-order valence-electron chi connectivity index (χ2n) is 4.63. The van der Waals surface area contributed by atoms with Crippen molar-refractivity contribution in [3.8, 4) is 5.75 Å². The molecule has 0 heterocycles. The number of anilines is 2. The van der Waals surface area contributed by atoms with E-state index in [1.54, 1.807) is 6.92 Å². The number of aliphatic hydroxyl groups is 1. The Morgan fingerprint density at radius 3 is 2.78 bits per heavy atom. The third-order valence-electron chi connectivity index (χ3n) is 2.78. The molecule has 0 saturated heterocycles. The first-order valence-corrected chi connectivity index (χ1v) is 6.46. The molecule has 0 aliphatic carbocycles. The molecule has 102 valence electrons. The number of nitrogen functional groups attached to an aromatic ring is 1. The smallest absolute Gasteiger partial charge is 0.144 e. The molecule has 0 aliphatic heterocycles. The van der Waals surface area contributed by atoms with E-state index in [4.69, 9.17) is 10.5 Å². The van der Waals surface area contributed by atoms with Crippen molar-refractivity contribution >= 4 is 11.4 Å². The molecular formula is C14H24N2O2. The normalized spacial score (nSPS) is 12.2. The van der Waals surface area contributed by atoms with E-state index in [2.05, 4.69) is 11.8 Å². The highest BCUT2D eigenvalue weighted by molar-refractivity contribution is 5.62. The molecule has 3 N–H and O–H groups in total. The quantitative estimate of drug-likeness (QED) is 0.731. The van der Waals surface area contributed by atoms with Crippen molar-refractivity contribution in [2.24, 2.45) is 0 Å². The molecule has 0 spiro atoms. The predicted octanol–water partition coefficient (Wildman–Crippen LogP) is 2.26. The van der Waals surface area contributed by atoms with Gasteiger partial charge in [-0.3, -0.25) is 0 Å². The summed E-state index contributed by atoms with van der Waals surface area (Å²) < 4.78 is 5.60. The fourth-order valence-corrected chi connectivity index (χ4v) is 1.61. The van der Waals surface area contributed by atoms with E-state index in [0.29, 0.717) is 12.3 Å². The Bertz CT molecular complexity index is 367. The van der Waals surface area contributed by atoms with Crippen LogP contribution in [0.2, 0.25) is 0 Å². The van der Waals surface area contributed by atoms with Gasteiger partial charge in [0.25, 0.3) is 0 Å². The highest BCUT2D eigenvalue weighted by Crippen LogP contribution is 2.27. The van der Waals surface area contributed by atoms with Crippen LogP contribution in [0, 0.1) is 0 Å². The Morgan fingerprint density at radius 1 is 1.44 bits per heavy atom. The summed E-state index contributed by atoms with van der Waals surface area (Å²) in [5, 5.41) is 9.29. The zero-order valence-corrected chi connectivity index (χ0v) is 11.5. The highest BCUT2D eigenvalue weighted by Gasteiger charge is 2.07. The fourth-order valence-electron chi connectivity index (χ4n) is 1.61. The van der Waals surface area contributed by atoms with Gasteiger partial charge < -0.3 is 20.5 Å². The largest absolute Gasteiger partial charge is 0.491 e. The molecule has 1 rings (SSSR count). The molecule has 0 aliphatic rings. The van der Waals surface area contributed by atoms with E-state index in [1.165, 1.54) is 0 Å².